The highest BCUT2D eigenvalue weighted by Crippen LogP contribution is 2.25. The monoisotopic (exact) mass is 353 g/mol. The van der Waals surface area contributed by atoms with Gasteiger partial charge < -0.3 is 10.1 Å². The molecule has 6 nitrogen and oxygen atoms in total. The number of nitrogens with one attached hydrogen (secondary N) is 2. The van der Waals surface area contributed by atoms with Crippen LogP contribution in [0.2, 0.25) is 0 Å². The number of nitrogens with zero attached hydrogens (tertiary/aromatic N) is 1. The van der Waals surface area contributed by atoms with Crippen LogP contribution in [0.15, 0.2) is 53.6 Å². The number of carbonyl (C=O) groups excluding carboxylic acids is 2. The minimum absolute atomic E-state index is 0.0721. The smallest absolute Gasteiger partial charge is 0.244 e. The first-order valence-corrected chi connectivity index (χ1v) is 8.28. The van der Waals surface area contributed by atoms with Gasteiger partial charge in [0.05, 0.1) is 25.6 Å². The second kappa shape index (κ2) is 9.36. The number of aryl methyl sites for hydroxylation is 1. The predicted molar refractivity (Wildman–Crippen MR) is 102 cm³/mol. The van der Waals surface area contributed by atoms with Crippen molar-refractivity contribution < 1.29 is 14.3 Å². The van der Waals surface area contributed by atoms with Crippen LogP contribution in [0.4, 0.5) is 5.69 Å². The third-order valence-electron chi connectivity index (χ3n) is 3.62. The highest BCUT2D eigenvalue weighted by atomic mass is 16.5. The molecule has 0 radical (unpaired) electrons. The fraction of sp³-hybridized carbons (Fsp3) is 0.250. The third kappa shape index (κ3) is 6.05. The lowest BCUT2D eigenvalue weighted by molar-refractivity contribution is -0.120. The Bertz CT molecular complexity index is 801. The summed E-state index contributed by atoms with van der Waals surface area (Å²) in [4.78, 5) is 24.1. The molecule has 0 spiro atoms. The van der Waals surface area contributed by atoms with Crippen LogP contribution in [0, 0.1) is 6.92 Å². The topological polar surface area (TPSA) is 79.8 Å². The van der Waals surface area contributed by atoms with Crippen LogP contribution < -0.4 is 15.5 Å². The van der Waals surface area contributed by atoms with Crippen LogP contribution in [0.1, 0.15) is 24.5 Å². The van der Waals surface area contributed by atoms with Crippen molar-refractivity contribution in [3.63, 3.8) is 0 Å². The molecular weight excluding hydrogens is 330 g/mol. The van der Waals surface area contributed by atoms with Crippen molar-refractivity contribution in [2.24, 2.45) is 5.10 Å². The minimum atomic E-state index is -0.229. The average Bonchev–Trinajstić information content (AvgIpc) is 2.61. The van der Waals surface area contributed by atoms with Gasteiger partial charge in [-0.3, -0.25) is 9.59 Å². The number of anilines is 1. The normalized spacial score (nSPS) is 11.0. The Morgan fingerprint density at radius 3 is 2.50 bits per heavy atom. The molecule has 2 aromatic carbocycles. The molecule has 0 saturated carbocycles. The molecule has 0 atom stereocenters. The lowest BCUT2D eigenvalue weighted by Gasteiger charge is -2.11. The van der Waals surface area contributed by atoms with Gasteiger partial charge >= 0.3 is 0 Å². The van der Waals surface area contributed by atoms with Gasteiger partial charge in [0.25, 0.3) is 0 Å². The predicted octanol–water partition coefficient (Wildman–Crippen LogP) is 3.07. The summed E-state index contributed by atoms with van der Waals surface area (Å²) in [6, 6.07) is 14.9. The first-order valence-electron chi connectivity index (χ1n) is 8.28. The highest BCUT2D eigenvalue weighted by molar-refractivity contribution is 6.06. The van der Waals surface area contributed by atoms with Crippen molar-refractivity contribution >= 4 is 23.2 Å². The van der Waals surface area contributed by atoms with Gasteiger partial charge in [-0.25, -0.2) is 5.43 Å². The van der Waals surface area contributed by atoms with Crippen molar-refractivity contribution in [1.82, 2.24) is 5.43 Å². The Morgan fingerprint density at radius 1 is 1.08 bits per heavy atom. The molecule has 2 rings (SSSR count). The van der Waals surface area contributed by atoms with Crippen molar-refractivity contribution in [3.8, 4) is 5.75 Å². The second-order valence-electron chi connectivity index (χ2n) is 5.97. The van der Waals surface area contributed by atoms with Gasteiger partial charge in [0.1, 0.15) is 5.75 Å². The minimum Gasteiger partial charge on any atom is -0.495 e. The molecule has 136 valence electrons. The van der Waals surface area contributed by atoms with E-state index in [1.807, 2.05) is 49.4 Å². The third-order valence-corrected chi connectivity index (χ3v) is 3.62. The molecule has 2 N–H and O–H groups in total. The summed E-state index contributed by atoms with van der Waals surface area (Å²) in [5.41, 5.74) is 5.51. The number of rotatable bonds is 7. The van der Waals surface area contributed by atoms with Crippen LogP contribution in [-0.2, 0) is 16.0 Å². The fourth-order valence-corrected chi connectivity index (χ4v) is 2.36. The molecule has 0 saturated heterocycles. The largest absolute Gasteiger partial charge is 0.495 e. The molecule has 0 aliphatic carbocycles. The standard InChI is InChI=1S/C20H23N3O3/c1-14-9-10-18(26-3)17(11-14)21-19(24)12-15(2)22-23-20(25)13-16-7-5-4-6-8-16/h4-11H,12-13H2,1-3H3,(H,21,24)(H,23,25). The van der Waals surface area contributed by atoms with E-state index in [0.29, 0.717) is 17.1 Å². The van der Waals surface area contributed by atoms with Crippen molar-refractivity contribution in [2.45, 2.75) is 26.7 Å². The van der Waals surface area contributed by atoms with Crippen molar-refractivity contribution in [3.05, 3.63) is 59.7 Å². The number of amides is 2. The van der Waals surface area contributed by atoms with Gasteiger partial charge in [-0.1, -0.05) is 36.4 Å². The maximum absolute atomic E-state index is 12.2. The molecule has 2 amide bonds. The summed E-state index contributed by atoms with van der Waals surface area (Å²) < 4.78 is 5.24. The summed E-state index contributed by atoms with van der Waals surface area (Å²) in [7, 11) is 1.55. The molecule has 0 bridgehead atoms. The second-order valence-corrected chi connectivity index (χ2v) is 5.97. The Balaban J connectivity index is 1.87. The van der Waals surface area contributed by atoms with Crippen LogP contribution in [0.3, 0.4) is 0 Å². The summed E-state index contributed by atoms with van der Waals surface area (Å²) in [5.74, 6) is 0.137. The van der Waals surface area contributed by atoms with Gasteiger partial charge in [0.2, 0.25) is 11.8 Å². The molecule has 0 fully saturated rings. The molecule has 26 heavy (non-hydrogen) atoms. The van der Waals surface area contributed by atoms with Crippen LogP contribution in [-0.4, -0.2) is 24.6 Å². The van der Waals surface area contributed by atoms with Gasteiger partial charge in [0.15, 0.2) is 0 Å². The quantitative estimate of drug-likeness (QED) is 0.593. The maximum Gasteiger partial charge on any atom is 0.244 e. The molecule has 2 aromatic rings. The number of benzene rings is 2. The Morgan fingerprint density at radius 2 is 1.81 bits per heavy atom. The Labute approximate surface area is 153 Å². The average molecular weight is 353 g/mol. The van der Waals surface area contributed by atoms with Crippen LogP contribution >= 0.6 is 0 Å². The Hall–Kier alpha value is -3.15. The van der Waals surface area contributed by atoms with E-state index in [0.717, 1.165) is 11.1 Å². The van der Waals surface area contributed by atoms with Crippen molar-refractivity contribution in [2.75, 3.05) is 12.4 Å². The SMILES string of the molecule is COc1ccc(C)cc1NC(=O)CC(C)=NNC(=O)Cc1ccccc1. The molecule has 0 heterocycles. The van der Waals surface area contributed by atoms with E-state index in [9.17, 15) is 9.59 Å². The summed E-state index contributed by atoms with van der Waals surface area (Å²) >= 11 is 0. The lowest BCUT2D eigenvalue weighted by atomic mass is 10.1. The number of hydrazone groups is 1. The van der Waals surface area contributed by atoms with Crippen LogP contribution in [0.25, 0.3) is 0 Å². The van der Waals surface area contributed by atoms with Crippen LogP contribution in [0.5, 0.6) is 5.75 Å². The van der Waals surface area contributed by atoms with Gasteiger partial charge in [-0.15, -0.1) is 0 Å². The maximum atomic E-state index is 12.2. The lowest BCUT2D eigenvalue weighted by Crippen LogP contribution is -2.23. The van der Waals surface area contributed by atoms with E-state index in [-0.39, 0.29) is 24.7 Å². The summed E-state index contributed by atoms with van der Waals surface area (Å²) in [6.45, 7) is 3.62. The number of carbonyl (C=O) groups is 2. The van der Waals surface area contributed by atoms with E-state index in [2.05, 4.69) is 15.8 Å². The number of ether oxygens (including phenoxy) is 1. The summed E-state index contributed by atoms with van der Waals surface area (Å²) in [6.07, 6.45) is 0.313. The first-order chi connectivity index (χ1) is 12.5. The Kier molecular flexibility index (Phi) is 6.91. The zero-order valence-corrected chi connectivity index (χ0v) is 15.2. The molecule has 0 aliphatic heterocycles. The molecule has 6 heteroatoms. The molecule has 0 unspecified atom stereocenters. The van der Waals surface area contributed by atoms with Gasteiger partial charge in [-0.2, -0.15) is 5.10 Å². The molecule has 0 aliphatic rings. The van der Waals surface area contributed by atoms with E-state index >= 15 is 0 Å². The van der Waals surface area contributed by atoms with Gasteiger partial charge in [-0.05, 0) is 37.1 Å². The zero-order chi connectivity index (χ0) is 18.9. The number of hydrogen-bond acceptors (Lipinski definition) is 4. The number of hydrogen-bond donors (Lipinski definition) is 2. The van der Waals surface area contributed by atoms with E-state index in [1.54, 1.807) is 20.1 Å². The highest BCUT2D eigenvalue weighted by Gasteiger charge is 2.09. The van der Waals surface area contributed by atoms with Crippen molar-refractivity contribution in [1.29, 1.82) is 0 Å². The molecule has 0 aromatic heterocycles. The molecular formula is C20H23N3O3. The first kappa shape index (κ1) is 19.2. The van der Waals surface area contributed by atoms with E-state index in [1.165, 1.54) is 0 Å². The van der Waals surface area contributed by atoms with Gasteiger partial charge in [0, 0.05) is 5.71 Å². The van der Waals surface area contributed by atoms with E-state index in [4.69, 9.17) is 4.74 Å². The van der Waals surface area contributed by atoms with E-state index < -0.39 is 0 Å². The fourth-order valence-electron chi connectivity index (χ4n) is 2.36. The summed E-state index contributed by atoms with van der Waals surface area (Å²) in [5, 5.41) is 6.79. The zero-order valence-electron chi connectivity index (χ0n) is 15.2. The number of methoxy groups -OCH3 is 1.